The highest BCUT2D eigenvalue weighted by molar-refractivity contribution is 5.88. The summed E-state index contributed by atoms with van der Waals surface area (Å²) in [5.74, 6) is 7.79. The van der Waals surface area contributed by atoms with E-state index in [4.69, 9.17) is 14.2 Å². The van der Waals surface area contributed by atoms with Crippen LogP contribution < -0.4 is 9.47 Å². The van der Waals surface area contributed by atoms with Gasteiger partial charge < -0.3 is 14.2 Å². The smallest absolute Gasteiger partial charge is 0.153 e. The molecule has 0 amide bonds. The molecule has 22 heavy (non-hydrogen) atoms. The molecule has 1 aromatic heterocycles. The fourth-order valence-corrected chi connectivity index (χ4v) is 2.23. The van der Waals surface area contributed by atoms with Gasteiger partial charge in [-0.25, -0.2) is 0 Å². The first-order chi connectivity index (χ1) is 10.7. The zero-order valence-corrected chi connectivity index (χ0v) is 13.5. The second kappa shape index (κ2) is 7.67. The first-order valence-electron chi connectivity index (χ1n) is 7.28. The summed E-state index contributed by atoms with van der Waals surface area (Å²) in [5.41, 5.74) is 1.67. The predicted molar refractivity (Wildman–Crippen MR) is 87.4 cm³/mol. The van der Waals surface area contributed by atoms with Gasteiger partial charge in [-0.1, -0.05) is 25.2 Å². The molecular weight excluding hydrogens is 278 g/mol. The summed E-state index contributed by atoms with van der Waals surface area (Å²) >= 11 is 0. The fourth-order valence-electron chi connectivity index (χ4n) is 2.23. The largest absolute Gasteiger partial charge is 0.497 e. The molecule has 0 spiro atoms. The monoisotopic (exact) mass is 299 g/mol. The van der Waals surface area contributed by atoms with Crippen LogP contribution >= 0.6 is 0 Å². The minimum atomic E-state index is -0.0801. The maximum atomic E-state index is 5.41. The van der Waals surface area contributed by atoms with E-state index in [0.717, 1.165) is 35.1 Å². The summed E-state index contributed by atoms with van der Waals surface area (Å²) in [7, 11) is 4.94. The Morgan fingerprint density at radius 3 is 2.64 bits per heavy atom. The summed E-state index contributed by atoms with van der Waals surface area (Å²) in [4.78, 5) is 4.39. The second-order valence-electron chi connectivity index (χ2n) is 4.87. The quantitative estimate of drug-likeness (QED) is 0.793. The molecule has 1 heterocycles. The van der Waals surface area contributed by atoms with Crippen molar-refractivity contribution in [3.63, 3.8) is 0 Å². The summed E-state index contributed by atoms with van der Waals surface area (Å²) in [6.07, 6.45) is 3.54. The van der Waals surface area contributed by atoms with E-state index in [9.17, 15) is 0 Å². The maximum absolute atomic E-state index is 5.41. The predicted octanol–water partition coefficient (Wildman–Crippen LogP) is 3.42. The van der Waals surface area contributed by atoms with Crippen LogP contribution in [0.25, 0.3) is 10.9 Å². The molecule has 0 aliphatic carbocycles. The Morgan fingerprint density at radius 1 is 1.18 bits per heavy atom. The lowest BCUT2D eigenvalue weighted by molar-refractivity contribution is 0.140. The molecule has 116 valence electrons. The molecule has 1 atom stereocenters. The van der Waals surface area contributed by atoms with Crippen LogP contribution in [0.2, 0.25) is 0 Å². The van der Waals surface area contributed by atoms with Crippen molar-refractivity contribution < 1.29 is 14.2 Å². The van der Waals surface area contributed by atoms with E-state index in [-0.39, 0.29) is 6.10 Å². The van der Waals surface area contributed by atoms with Crippen LogP contribution in [0, 0.1) is 11.8 Å². The average molecular weight is 299 g/mol. The van der Waals surface area contributed by atoms with Crippen molar-refractivity contribution in [2.75, 3.05) is 21.3 Å². The van der Waals surface area contributed by atoms with Crippen molar-refractivity contribution >= 4 is 10.9 Å². The van der Waals surface area contributed by atoms with Crippen molar-refractivity contribution in [2.24, 2.45) is 0 Å². The molecule has 0 fully saturated rings. The third-order valence-corrected chi connectivity index (χ3v) is 3.45. The molecule has 0 aliphatic rings. The number of fused-ring (bicyclic) bond motifs is 1. The SMILES string of the molecule is CCCC(C#Cc1c(OC)cnc2ccc(OC)cc12)OC. The Hall–Kier alpha value is -2.25. The fraction of sp³-hybridized carbons (Fsp3) is 0.389. The maximum Gasteiger partial charge on any atom is 0.153 e. The van der Waals surface area contributed by atoms with Crippen molar-refractivity contribution in [2.45, 2.75) is 25.9 Å². The normalized spacial score (nSPS) is 11.6. The molecule has 0 aliphatic heterocycles. The lowest BCUT2D eigenvalue weighted by Crippen LogP contribution is -2.06. The van der Waals surface area contributed by atoms with Crippen molar-refractivity contribution in [1.29, 1.82) is 0 Å². The number of hydrogen-bond acceptors (Lipinski definition) is 4. The van der Waals surface area contributed by atoms with Crippen LogP contribution in [-0.2, 0) is 4.74 Å². The Bertz CT molecular complexity index is 695. The number of rotatable bonds is 5. The van der Waals surface area contributed by atoms with Gasteiger partial charge in [-0.15, -0.1) is 0 Å². The molecule has 0 radical (unpaired) electrons. The first-order valence-corrected chi connectivity index (χ1v) is 7.28. The molecule has 4 nitrogen and oxygen atoms in total. The van der Waals surface area contributed by atoms with Crippen LogP contribution in [0.1, 0.15) is 25.3 Å². The minimum Gasteiger partial charge on any atom is -0.497 e. The topological polar surface area (TPSA) is 40.6 Å². The number of hydrogen-bond donors (Lipinski definition) is 0. The lowest BCUT2D eigenvalue weighted by Gasteiger charge is -2.09. The molecule has 0 bridgehead atoms. The van der Waals surface area contributed by atoms with E-state index in [1.54, 1.807) is 27.5 Å². The van der Waals surface area contributed by atoms with Gasteiger partial charge in [0.05, 0.1) is 31.5 Å². The molecule has 0 saturated carbocycles. The van der Waals surface area contributed by atoms with Gasteiger partial charge in [0, 0.05) is 12.5 Å². The van der Waals surface area contributed by atoms with E-state index < -0.39 is 0 Å². The molecule has 2 rings (SSSR count). The molecule has 2 aromatic rings. The van der Waals surface area contributed by atoms with Crippen molar-refractivity contribution in [3.8, 4) is 23.3 Å². The van der Waals surface area contributed by atoms with Crippen LogP contribution in [0.3, 0.4) is 0 Å². The zero-order chi connectivity index (χ0) is 15.9. The van der Waals surface area contributed by atoms with E-state index >= 15 is 0 Å². The van der Waals surface area contributed by atoms with E-state index in [1.807, 2.05) is 18.2 Å². The van der Waals surface area contributed by atoms with Gasteiger partial charge in [0.1, 0.15) is 11.9 Å². The van der Waals surface area contributed by atoms with Crippen molar-refractivity contribution in [1.82, 2.24) is 4.98 Å². The molecule has 1 aromatic carbocycles. The number of pyridine rings is 1. The van der Waals surface area contributed by atoms with Gasteiger partial charge in [0.25, 0.3) is 0 Å². The van der Waals surface area contributed by atoms with Crippen LogP contribution in [-0.4, -0.2) is 32.4 Å². The Kier molecular flexibility index (Phi) is 5.62. The number of benzene rings is 1. The van der Waals surface area contributed by atoms with Crippen LogP contribution in [0.5, 0.6) is 11.5 Å². The molecule has 4 heteroatoms. The number of methoxy groups -OCH3 is 3. The Morgan fingerprint density at radius 2 is 2.00 bits per heavy atom. The summed E-state index contributed by atoms with van der Waals surface area (Å²) in [6, 6.07) is 5.73. The highest BCUT2D eigenvalue weighted by atomic mass is 16.5. The molecule has 0 N–H and O–H groups in total. The molecular formula is C18H21NO3. The van der Waals surface area contributed by atoms with Crippen LogP contribution in [0.15, 0.2) is 24.4 Å². The minimum absolute atomic E-state index is 0.0801. The molecule has 0 saturated heterocycles. The van der Waals surface area contributed by atoms with Gasteiger partial charge in [0.2, 0.25) is 0 Å². The Balaban J connectivity index is 2.56. The van der Waals surface area contributed by atoms with Crippen molar-refractivity contribution in [3.05, 3.63) is 30.0 Å². The standard InChI is InChI=1S/C18H21NO3/c1-5-6-13(20-2)7-9-15-16-11-14(21-3)8-10-17(16)19-12-18(15)22-4/h8,10-13H,5-6H2,1-4H3. The van der Waals surface area contributed by atoms with Gasteiger partial charge in [-0.3, -0.25) is 4.98 Å². The van der Waals surface area contributed by atoms with Gasteiger partial charge in [-0.05, 0) is 24.6 Å². The van der Waals surface area contributed by atoms with Gasteiger partial charge in [0.15, 0.2) is 5.75 Å². The number of ether oxygens (including phenoxy) is 3. The summed E-state index contributed by atoms with van der Waals surface area (Å²) in [5, 5.41) is 0.914. The van der Waals surface area contributed by atoms with E-state index in [1.165, 1.54) is 0 Å². The highest BCUT2D eigenvalue weighted by Gasteiger charge is 2.09. The third-order valence-electron chi connectivity index (χ3n) is 3.45. The third kappa shape index (κ3) is 3.49. The first kappa shape index (κ1) is 16.1. The second-order valence-corrected chi connectivity index (χ2v) is 4.87. The van der Waals surface area contributed by atoms with E-state index in [0.29, 0.717) is 5.75 Å². The van der Waals surface area contributed by atoms with Crippen LogP contribution in [0.4, 0.5) is 0 Å². The lowest BCUT2D eigenvalue weighted by atomic mass is 10.1. The molecule has 1 unspecified atom stereocenters. The average Bonchev–Trinajstić information content (AvgIpc) is 2.57. The number of nitrogens with zero attached hydrogens (tertiary/aromatic N) is 1. The zero-order valence-electron chi connectivity index (χ0n) is 13.5. The highest BCUT2D eigenvalue weighted by Crippen LogP contribution is 2.28. The summed E-state index contributed by atoms with van der Waals surface area (Å²) in [6.45, 7) is 2.11. The van der Waals surface area contributed by atoms with Gasteiger partial charge >= 0.3 is 0 Å². The number of aromatic nitrogens is 1. The Labute approximate surface area is 131 Å². The van der Waals surface area contributed by atoms with Gasteiger partial charge in [-0.2, -0.15) is 0 Å². The van der Waals surface area contributed by atoms with E-state index in [2.05, 4.69) is 23.7 Å². The summed E-state index contributed by atoms with van der Waals surface area (Å²) < 4.78 is 16.1.